The first-order valence-electron chi connectivity index (χ1n) is 13.6. The first kappa shape index (κ1) is 30.6. The van der Waals surface area contributed by atoms with Gasteiger partial charge in [-0.3, -0.25) is 4.79 Å². The van der Waals surface area contributed by atoms with Crippen molar-refractivity contribution < 1.29 is 34.7 Å². The monoisotopic (exact) mass is 514 g/mol. The second-order valence-corrected chi connectivity index (χ2v) is 9.58. The van der Waals surface area contributed by atoms with E-state index in [2.05, 4.69) is 22.6 Å². The predicted molar refractivity (Wildman–Crippen MR) is 133 cm³/mol. The lowest BCUT2D eigenvalue weighted by Crippen LogP contribution is -2.59. The standard InChI is InChI=1S/C25H46N4O7/c1-2-3-4-5-6-7-8-9-10-11-12-13-14-26-24(34)19-17-29(28-27-19)15-16-35-25-23(33)22(32)21(31)20(18-30)36-25/h17,20-23,25,30-33H,2-16,18H2,1H3,(H,26,34)/t20-,21-,22+,23-,25+/m1/s1. The molecular weight excluding hydrogens is 468 g/mol. The molecule has 0 aliphatic carbocycles. The molecule has 1 fully saturated rings. The Morgan fingerprint density at radius 2 is 1.58 bits per heavy atom. The van der Waals surface area contributed by atoms with Crippen molar-refractivity contribution in [2.24, 2.45) is 0 Å². The highest BCUT2D eigenvalue weighted by atomic mass is 16.7. The third-order valence-corrected chi connectivity index (χ3v) is 6.54. The molecule has 36 heavy (non-hydrogen) atoms. The van der Waals surface area contributed by atoms with Gasteiger partial charge in [0.2, 0.25) is 0 Å². The summed E-state index contributed by atoms with van der Waals surface area (Å²) in [5.74, 6) is -0.279. The molecule has 1 saturated heterocycles. The number of carbonyl (C=O) groups excluding carboxylic acids is 1. The van der Waals surface area contributed by atoms with E-state index in [0.29, 0.717) is 6.54 Å². The van der Waals surface area contributed by atoms with Crippen LogP contribution in [0.25, 0.3) is 0 Å². The van der Waals surface area contributed by atoms with Gasteiger partial charge in [-0.1, -0.05) is 82.8 Å². The summed E-state index contributed by atoms with van der Waals surface area (Å²) in [5, 5.41) is 49.5. The minimum Gasteiger partial charge on any atom is -0.394 e. The van der Waals surface area contributed by atoms with E-state index in [9.17, 15) is 25.2 Å². The third kappa shape index (κ3) is 10.8. The number of carbonyl (C=O) groups is 1. The molecule has 0 radical (unpaired) electrons. The fourth-order valence-electron chi connectivity index (χ4n) is 4.24. The smallest absolute Gasteiger partial charge is 0.273 e. The van der Waals surface area contributed by atoms with E-state index in [1.54, 1.807) is 0 Å². The summed E-state index contributed by atoms with van der Waals surface area (Å²) in [6, 6.07) is 0. The number of aliphatic hydroxyl groups excluding tert-OH is 4. The first-order valence-corrected chi connectivity index (χ1v) is 13.6. The molecule has 5 N–H and O–H groups in total. The number of nitrogens with one attached hydrogen (secondary N) is 1. The van der Waals surface area contributed by atoms with Crippen molar-refractivity contribution in [1.29, 1.82) is 0 Å². The fraction of sp³-hybridized carbons (Fsp3) is 0.880. The normalized spacial score (nSPS) is 24.2. The molecule has 11 heteroatoms. The Bertz CT molecular complexity index is 718. The number of aromatic nitrogens is 3. The van der Waals surface area contributed by atoms with E-state index < -0.39 is 37.3 Å². The zero-order valence-electron chi connectivity index (χ0n) is 21.6. The van der Waals surface area contributed by atoms with Gasteiger partial charge in [0.05, 0.1) is 26.0 Å². The van der Waals surface area contributed by atoms with Crippen molar-refractivity contribution in [2.75, 3.05) is 19.8 Å². The molecule has 1 aromatic heterocycles. The molecule has 11 nitrogen and oxygen atoms in total. The zero-order chi connectivity index (χ0) is 26.2. The Kier molecular flexibility index (Phi) is 15.1. The van der Waals surface area contributed by atoms with Crippen LogP contribution in [0.2, 0.25) is 0 Å². The van der Waals surface area contributed by atoms with Crippen LogP contribution in [-0.2, 0) is 16.0 Å². The number of unbranched alkanes of at least 4 members (excludes halogenated alkanes) is 11. The number of nitrogens with zero attached hydrogens (tertiary/aromatic N) is 3. The van der Waals surface area contributed by atoms with Crippen LogP contribution in [0.4, 0.5) is 0 Å². The van der Waals surface area contributed by atoms with Crippen molar-refractivity contribution >= 4 is 5.91 Å². The summed E-state index contributed by atoms with van der Waals surface area (Å²) in [6.45, 7) is 2.60. The molecule has 2 rings (SSSR count). The van der Waals surface area contributed by atoms with Crippen molar-refractivity contribution in [1.82, 2.24) is 20.3 Å². The van der Waals surface area contributed by atoms with E-state index in [-0.39, 0.29) is 24.8 Å². The lowest BCUT2D eigenvalue weighted by Gasteiger charge is -2.39. The minimum absolute atomic E-state index is 0.0476. The van der Waals surface area contributed by atoms with Gasteiger partial charge in [-0.2, -0.15) is 0 Å². The van der Waals surface area contributed by atoms with Gasteiger partial charge in [0.1, 0.15) is 24.4 Å². The molecule has 2 heterocycles. The maximum atomic E-state index is 12.3. The Morgan fingerprint density at radius 1 is 0.972 bits per heavy atom. The number of hydrogen-bond donors (Lipinski definition) is 5. The van der Waals surface area contributed by atoms with Gasteiger partial charge in [-0.25, -0.2) is 4.68 Å². The molecule has 208 valence electrons. The molecule has 0 aromatic carbocycles. The summed E-state index contributed by atoms with van der Waals surface area (Å²) >= 11 is 0. The average molecular weight is 515 g/mol. The second-order valence-electron chi connectivity index (χ2n) is 9.58. The number of rotatable bonds is 19. The molecule has 1 amide bonds. The SMILES string of the molecule is CCCCCCCCCCCCCCNC(=O)c1cn(CCO[C@H]2O[C@H](CO)[C@@H](O)[C@H](O)[C@H]2O)nn1. The Balaban J connectivity index is 1.52. The molecule has 0 spiro atoms. The van der Waals surface area contributed by atoms with E-state index in [0.717, 1.165) is 12.8 Å². The van der Waals surface area contributed by atoms with Crippen molar-refractivity contribution in [3.8, 4) is 0 Å². The summed E-state index contributed by atoms with van der Waals surface area (Å²) < 4.78 is 12.1. The van der Waals surface area contributed by atoms with Crippen LogP contribution in [0.3, 0.4) is 0 Å². The second kappa shape index (κ2) is 17.8. The average Bonchev–Trinajstić information content (AvgIpc) is 3.36. The Hall–Kier alpha value is -1.63. The van der Waals surface area contributed by atoms with Crippen molar-refractivity contribution in [2.45, 2.75) is 121 Å². The van der Waals surface area contributed by atoms with Crippen LogP contribution >= 0.6 is 0 Å². The van der Waals surface area contributed by atoms with Crippen LogP contribution in [0.15, 0.2) is 6.20 Å². The predicted octanol–water partition coefficient (Wildman–Crippen LogP) is 1.53. The van der Waals surface area contributed by atoms with E-state index in [1.807, 2.05) is 0 Å². The van der Waals surface area contributed by atoms with Gasteiger partial charge in [0.15, 0.2) is 12.0 Å². The highest BCUT2D eigenvalue weighted by Gasteiger charge is 2.43. The Labute approximate surface area is 214 Å². The van der Waals surface area contributed by atoms with E-state index in [1.165, 1.54) is 75.1 Å². The summed E-state index contributed by atoms with van der Waals surface area (Å²) in [4.78, 5) is 12.3. The summed E-state index contributed by atoms with van der Waals surface area (Å²) in [6.07, 6.45) is 10.1. The molecule has 1 aliphatic rings. The van der Waals surface area contributed by atoms with Crippen LogP contribution < -0.4 is 5.32 Å². The van der Waals surface area contributed by atoms with Gasteiger partial charge in [-0.15, -0.1) is 5.10 Å². The largest absolute Gasteiger partial charge is 0.394 e. The van der Waals surface area contributed by atoms with Crippen LogP contribution in [0.1, 0.15) is 94.5 Å². The zero-order valence-corrected chi connectivity index (χ0v) is 21.6. The van der Waals surface area contributed by atoms with Crippen LogP contribution in [0.5, 0.6) is 0 Å². The van der Waals surface area contributed by atoms with Gasteiger partial charge < -0.3 is 35.2 Å². The molecule has 1 aliphatic heterocycles. The van der Waals surface area contributed by atoms with Gasteiger partial charge in [0, 0.05) is 6.54 Å². The number of hydrogen-bond acceptors (Lipinski definition) is 9. The lowest BCUT2D eigenvalue weighted by atomic mass is 9.99. The third-order valence-electron chi connectivity index (χ3n) is 6.54. The maximum Gasteiger partial charge on any atom is 0.273 e. The summed E-state index contributed by atoms with van der Waals surface area (Å²) in [5.41, 5.74) is 0.210. The van der Waals surface area contributed by atoms with Crippen LogP contribution in [0, 0.1) is 0 Å². The number of ether oxygens (including phenoxy) is 2. The quantitative estimate of drug-likeness (QED) is 0.173. The number of aliphatic hydroxyl groups is 4. The minimum atomic E-state index is -1.49. The lowest BCUT2D eigenvalue weighted by molar-refractivity contribution is -0.301. The van der Waals surface area contributed by atoms with Gasteiger partial charge in [0.25, 0.3) is 5.91 Å². The van der Waals surface area contributed by atoms with Crippen LogP contribution in [-0.4, -0.2) is 91.8 Å². The van der Waals surface area contributed by atoms with E-state index >= 15 is 0 Å². The molecule has 5 atom stereocenters. The molecule has 1 aromatic rings. The molecular formula is C25H46N4O7. The van der Waals surface area contributed by atoms with Crippen molar-refractivity contribution in [3.05, 3.63) is 11.9 Å². The van der Waals surface area contributed by atoms with E-state index in [4.69, 9.17) is 9.47 Å². The first-order chi connectivity index (χ1) is 17.5. The maximum absolute atomic E-state index is 12.3. The summed E-state index contributed by atoms with van der Waals surface area (Å²) in [7, 11) is 0. The molecule has 0 unspecified atom stereocenters. The fourth-order valence-corrected chi connectivity index (χ4v) is 4.24. The Morgan fingerprint density at radius 3 is 2.19 bits per heavy atom. The van der Waals surface area contributed by atoms with Crippen molar-refractivity contribution in [3.63, 3.8) is 0 Å². The molecule has 0 saturated carbocycles. The molecule has 0 bridgehead atoms. The highest BCUT2D eigenvalue weighted by molar-refractivity contribution is 5.91. The van der Waals surface area contributed by atoms with Gasteiger partial charge >= 0.3 is 0 Å². The highest BCUT2D eigenvalue weighted by Crippen LogP contribution is 2.21. The number of amides is 1. The van der Waals surface area contributed by atoms with Gasteiger partial charge in [-0.05, 0) is 6.42 Å². The topological polar surface area (TPSA) is 159 Å².